The summed E-state index contributed by atoms with van der Waals surface area (Å²) in [6.07, 6.45) is -1.63. The minimum atomic E-state index is -1.71. The molecule has 19 heavy (non-hydrogen) atoms. The average Bonchev–Trinajstić information content (AvgIpc) is 2.16. The Bertz CT molecular complexity index is 308. The number of carboxylic acids is 4. The Balaban J connectivity index is -0.000000116. The fourth-order valence-electron chi connectivity index (χ4n) is 0.500. The van der Waals surface area contributed by atoms with Crippen LogP contribution in [0.25, 0.3) is 11.5 Å². The summed E-state index contributed by atoms with van der Waals surface area (Å²) in [5.41, 5.74) is 12.9. The summed E-state index contributed by atoms with van der Waals surface area (Å²) in [6.45, 7) is 0. The van der Waals surface area contributed by atoms with Gasteiger partial charge in [0, 0.05) is 23.9 Å². The van der Waals surface area contributed by atoms with Crippen LogP contribution in [0, 0.1) is 0 Å². The molecule has 2 N–H and O–H groups in total. The van der Waals surface area contributed by atoms with E-state index < -0.39 is 48.8 Å². The Kier molecular flexibility index (Phi) is 13.9. The molecule has 0 aliphatic heterocycles. The van der Waals surface area contributed by atoms with Gasteiger partial charge in [0.15, 0.2) is 0 Å². The van der Waals surface area contributed by atoms with Gasteiger partial charge in [0.1, 0.15) is 0 Å². The maximum Gasteiger partial charge on any atom is 2.00 e. The Labute approximate surface area is 125 Å². The van der Waals surface area contributed by atoms with Gasteiger partial charge in [-0.3, -0.25) is 0 Å². The predicted octanol–water partition coefficient (Wildman–Crippen LogP) is -5.67. The standard InChI is InChI=1S/2C4H6NO4.Mg/c2*5-2(4(8)9)1-3(6)7;/h2*2,5H,1H2,(H,6,7)(H,8,9);/q2*-1;+2/p-3. The number of hydrogen-bond donors (Lipinski definition) is 0. The van der Waals surface area contributed by atoms with Gasteiger partial charge in [-0.2, -0.15) is 0 Å². The molecule has 0 aromatic rings. The van der Waals surface area contributed by atoms with Crippen molar-refractivity contribution in [2.75, 3.05) is 0 Å². The topological polar surface area (TPSA) is 208 Å². The second-order valence-corrected chi connectivity index (χ2v) is 2.90. The van der Waals surface area contributed by atoms with Crippen LogP contribution in [0.5, 0.6) is 0 Å². The monoisotopic (exact) mass is 285 g/mol. The molecule has 0 saturated carbocycles. The molecule has 10 nitrogen and oxygen atoms in total. The summed E-state index contributed by atoms with van der Waals surface area (Å²) in [7, 11) is 0. The summed E-state index contributed by atoms with van der Waals surface area (Å²) in [5, 5.41) is 38.5. The van der Waals surface area contributed by atoms with Gasteiger partial charge in [-0.1, -0.05) is 12.1 Å². The zero-order valence-corrected chi connectivity index (χ0v) is 11.0. The number of carboxylic acid groups (broad SMARTS) is 4. The molecule has 2 unspecified atom stereocenters. The van der Waals surface area contributed by atoms with Crippen LogP contribution in [0.3, 0.4) is 0 Å². The van der Waals surface area contributed by atoms with Crippen LogP contribution < -0.4 is 20.4 Å². The summed E-state index contributed by atoms with van der Waals surface area (Å²) >= 11 is 0. The molecule has 0 aliphatic carbocycles. The third-order valence-electron chi connectivity index (χ3n) is 1.31. The average molecular weight is 285 g/mol. The Morgan fingerprint density at radius 2 is 1.00 bits per heavy atom. The Morgan fingerprint density at radius 3 is 1.05 bits per heavy atom. The van der Waals surface area contributed by atoms with Gasteiger partial charge >= 0.3 is 24.5 Å². The van der Waals surface area contributed by atoms with Crippen LogP contribution in [-0.2, 0) is 19.2 Å². The van der Waals surface area contributed by atoms with Gasteiger partial charge < -0.3 is 51.1 Å². The molecule has 0 aliphatic rings. The first kappa shape index (κ1) is 22.7. The van der Waals surface area contributed by atoms with E-state index in [9.17, 15) is 39.6 Å². The van der Waals surface area contributed by atoms with E-state index in [4.69, 9.17) is 11.5 Å². The fraction of sp³-hybridized carbons (Fsp3) is 0.500. The van der Waals surface area contributed by atoms with E-state index in [1.807, 2.05) is 0 Å². The van der Waals surface area contributed by atoms with Crippen molar-refractivity contribution in [1.82, 2.24) is 0 Å². The third-order valence-corrected chi connectivity index (χ3v) is 1.31. The van der Waals surface area contributed by atoms with E-state index in [0.717, 1.165) is 0 Å². The molecule has 104 valence electrons. The molecule has 0 rings (SSSR count). The maximum absolute atomic E-state index is 9.65. The Morgan fingerprint density at radius 1 is 0.789 bits per heavy atom. The van der Waals surface area contributed by atoms with Crippen molar-refractivity contribution < 1.29 is 41.0 Å². The van der Waals surface area contributed by atoms with Crippen molar-refractivity contribution in [3.8, 4) is 0 Å². The summed E-state index contributed by atoms with van der Waals surface area (Å²) in [6, 6.07) is -3.43. The molecule has 0 saturated heterocycles. The quantitative estimate of drug-likeness (QED) is 0.428. The number of rotatable bonds is 6. The van der Waals surface area contributed by atoms with Crippen molar-refractivity contribution in [3.05, 3.63) is 11.5 Å². The van der Waals surface area contributed by atoms with Crippen molar-refractivity contribution in [2.24, 2.45) is 0 Å². The molecule has 0 aromatic carbocycles. The first-order valence-corrected chi connectivity index (χ1v) is 4.31. The zero-order valence-electron chi connectivity index (χ0n) is 10.5. The second-order valence-electron chi connectivity index (χ2n) is 2.90. The predicted molar refractivity (Wildman–Crippen MR) is 52.3 cm³/mol. The smallest absolute Gasteiger partial charge is 0.670 e. The normalized spacial score (nSPS) is 11.9. The van der Waals surface area contributed by atoms with Crippen molar-refractivity contribution in [2.45, 2.75) is 24.9 Å². The van der Waals surface area contributed by atoms with E-state index in [-0.39, 0.29) is 24.5 Å². The minimum Gasteiger partial charge on any atom is -0.670 e. The summed E-state index contributed by atoms with van der Waals surface area (Å²) < 4.78 is 0. The molecule has 0 fully saturated rings. The van der Waals surface area contributed by atoms with Crippen molar-refractivity contribution in [3.63, 3.8) is 0 Å². The number of nitrogens with one attached hydrogen (secondary N) is 2. The van der Waals surface area contributed by atoms with Gasteiger partial charge in [-0.05, 0) is 12.8 Å². The molecule has 0 aromatic heterocycles. The number of carbonyl (C=O) groups excluding carboxylic acids is 4. The van der Waals surface area contributed by atoms with Crippen LogP contribution in [-0.4, -0.2) is 59.0 Å². The van der Waals surface area contributed by atoms with E-state index in [0.29, 0.717) is 0 Å². The fourth-order valence-corrected chi connectivity index (χ4v) is 0.500. The number of carbonyl (C=O) groups is 4. The molecule has 2 atom stereocenters. The first-order chi connectivity index (χ1) is 8.07. The van der Waals surface area contributed by atoms with Crippen molar-refractivity contribution in [1.29, 1.82) is 0 Å². The molecule has 0 bridgehead atoms. The molecule has 11 heteroatoms. The molecule has 0 spiro atoms. The summed E-state index contributed by atoms with van der Waals surface area (Å²) in [4.78, 5) is 38.5. The zero-order chi connectivity index (χ0) is 14.9. The van der Waals surface area contributed by atoms with Gasteiger partial charge in [0.25, 0.3) is 0 Å². The minimum absolute atomic E-state index is 0. The van der Waals surface area contributed by atoms with E-state index in [1.54, 1.807) is 0 Å². The van der Waals surface area contributed by atoms with Crippen LogP contribution in [0.1, 0.15) is 14.3 Å². The molecular formula is C8H9MgN2O8-3. The van der Waals surface area contributed by atoms with Crippen LogP contribution in [0.2, 0.25) is 0 Å². The largest absolute Gasteiger partial charge is 2.00 e. The second kappa shape index (κ2) is 11.6. The SMILES string of the molecule is [H+].[Mg+2].[NH-]C(CC(=O)[O-])C(=O)[O-].[NH-]C(CC(=O)[O-])C(=O)[O-]. The molecule has 0 amide bonds. The molecule has 0 radical (unpaired) electrons. The number of aliphatic carboxylic acids is 4. The van der Waals surface area contributed by atoms with E-state index in [1.165, 1.54) is 0 Å². The van der Waals surface area contributed by atoms with Gasteiger partial charge in [-0.25, -0.2) is 0 Å². The molecular weight excluding hydrogens is 276 g/mol. The Hall–Kier alpha value is -1.43. The first-order valence-electron chi connectivity index (χ1n) is 4.31. The van der Waals surface area contributed by atoms with Crippen LogP contribution in [0.4, 0.5) is 0 Å². The molecule has 0 heterocycles. The third kappa shape index (κ3) is 16.6. The van der Waals surface area contributed by atoms with Crippen molar-refractivity contribution >= 4 is 46.9 Å². The summed E-state index contributed by atoms with van der Waals surface area (Å²) in [5.74, 6) is -6.50. The van der Waals surface area contributed by atoms with E-state index in [2.05, 4.69) is 0 Å². The maximum atomic E-state index is 9.65. The van der Waals surface area contributed by atoms with Gasteiger partial charge in [0.05, 0.1) is 0 Å². The van der Waals surface area contributed by atoms with Gasteiger partial charge in [0.2, 0.25) is 0 Å². The van der Waals surface area contributed by atoms with Gasteiger partial charge in [-0.15, -0.1) is 0 Å². The number of hydrogen-bond acceptors (Lipinski definition) is 8. The van der Waals surface area contributed by atoms with Crippen LogP contribution >= 0.6 is 0 Å². The van der Waals surface area contributed by atoms with Crippen LogP contribution in [0.15, 0.2) is 0 Å². The van der Waals surface area contributed by atoms with E-state index >= 15 is 0 Å².